The Labute approximate surface area is 176 Å². The predicted octanol–water partition coefficient (Wildman–Crippen LogP) is 3.05. The van der Waals surface area contributed by atoms with Crippen molar-refractivity contribution in [3.05, 3.63) is 45.7 Å². The van der Waals surface area contributed by atoms with Gasteiger partial charge in [-0.05, 0) is 45.9 Å². The fraction of sp³-hybridized carbons (Fsp3) is 0.368. The number of hydrogen-bond donors (Lipinski definition) is 0. The van der Waals surface area contributed by atoms with Crippen LogP contribution in [0.5, 0.6) is 0 Å². The van der Waals surface area contributed by atoms with Crippen LogP contribution in [0.4, 0.5) is 0 Å². The number of ether oxygens (including phenoxy) is 1. The number of aryl methyl sites for hydroxylation is 3. The lowest BCUT2D eigenvalue weighted by atomic mass is 10.1. The molecule has 152 valence electrons. The van der Waals surface area contributed by atoms with Gasteiger partial charge in [-0.1, -0.05) is 11.8 Å². The van der Waals surface area contributed by atoms with Crippen LogP contribution in [0.2, 0.25) is 0 Å². The number of aromatic nitrogens is 5. The second-order valence-corrected chi connectivity index (χ2v) is 8.22. The molecular formula is C19H21N5O3S2. The maximum atomic E-state index is 12.8. The smallest absolute Gasteiger partial charge is 0.323 e. The van der Waals surface area contributed by atoms with Crippen LogP contribution < -0.4 is 0 Å². The van der Waals surface area contributed by atoms with Crippen molar-refractivity contribution in [2.75, 3.05) is 12.4 Å². The highest BCUT2D eigenvalue weighted by molar-refractivity contribution is 7.99. The molecule has 0 amide bonds. The number of thiazole rings is 1. The van der Waals surface area contributed by atoms with Gasteiger partial charge in [-0.3, -0.25) is 9.59 Å². The first-order valence-corrected chi connectivity index (χ1v) is 10.9. The van der Waals surface area contributed by atoms with Gasteiger partial charge in [-0.2, -0.15) is 5.10 Å². The summed E-state index contributed by atoms with van der Waals surface area (Å²) < 4.78 is 6.79. The zero-order chi connectivity index (χ0) is 21.0. The highest BCUT2D eigenvalue weighted by Crippen LogP contribution is 2.26. The summed E-state index contributed by atoms with van der Waals surface area (Å²) in [5.74, 6) is -1.18. The molecule has 3 heterocycles. The maximum absolute atomic E-state index is 12.8. The van der Waals surface area contributed by atoms with Crippen LogP contribution in [0.25, 0.3) is 5.82 Å². The van der Waals surface area contributed by atoms with Crippen molar-refractivity contribution in [2.24, 2.45) is 0 Å². The molecule has 0 fully saturated rings. The fourth-order valence-corrected chi connectivity index (χ4v) is 4.32. The predicted molar refractivity (Wildman–Crippen MR) is 111 cm³/mol. The van der Waals surface area contributed by atoms with Gasteiger partial charge in [0.15, 0.2) is 17.5 Å². The number of esters is 1. The topological polar surface area (TPSA) is 99.9 Å². The number of thioether (sulfide) groups is 1. The molecular weight excluding hydrogens is 410 g/mol. The Balaban J connectivity index is 1.69. The molecule has 0 aliphatic rings. The lowest BCUT2D eigenvalue weighted by Gasteiger charge is -2.12. The van der Waals surface area contributed by atoms with Crippen molar-refractivity contribution in [3.63, 3.8) is 0 Å². The molecule has 3 rings (SSSR count). The molecule has 1 atom stereocenters. The largest absolute Gasteiger partial charge is 0.465 e. The van der Waals surface area contributed by atoms with Gasteiger partial charge in [0.1, 0.15) is 10.0 Å². The molecule has 0 aliphatic carbocycles. The van der Waals surface area contributed by atoms with E-state index in [9.17, 15) is 9.59 Å². The third-order valence-corrected chi connectivity index (χ3v) is 5.91. The number of hydrogen-bond acceptors (Lipinski definition) is 9. The summed E-state index contributed by atoms with van der Waals surface area (Å²) in [4.78, 5) is 29.4. The van der Waals surface area contributed by atoms with Crippen LogP contribution in [-0.4, -0.2) is 49.1 Å². The molecule has 8 nitrogen and oxygen atoms in total. The average Bonchev–Trinajstić information content (AvgIpc) is 3.25. The Morgan fingerprint density at radius 1 is 1.21 bits per heavy atom. The van der Waals surface area contributed by atoms with Crippen molar-refractivity contribution in [1.29, 1.82) is 0 Å². The number of Topliss-reactive ketones (excluding diaryl/α,β-unsaturated/α-hetero) is 1. The first-order chi connectivity index (χ1) is 13.9. The number of carbonyl (C=O) groups excluding carboxylic acids is 2. The van der Waals surface area contributed by atoms with Crippen LogP contribution in [0.3, 0.4) is 0 Å². The third-order valence-electron chi connectivity index (χ3n) is 3.94. The second kappa shape index (κ2) is 9.27. The highest BCUT2D eigenvalue weighted by Gasteiger charge is 2.32. The molecule has 3 aromatic heterocycles. The lowest BCUT2D eigenvalue weighted by Crippen LogP contribution is -2.25. The van der Waals surface area contributed by atoms with Gasteiger partial charge in [0.25, 0.3) is 0 Å². The van der Waals surface area contributed by atoms with Crippen LogP contribution >= 0.6 is 23.1 Å². The van der Waals surface area contributed by atoms with Crippen molar-refractivity contribution in [3.8, 4) is 5.82 Å². The maximum Gasteiger partial charge on any atom is 0.323 e. The minimum Gasteiger partial charge on any atom is -0.465 e. The summed E-state index contributed by atoms with van der Waals surface area (Å²) in [6.07, 6.45) is 0. The molecule has 0 saturated heterocycles. The Kier molecular flexibility index (Phi) is 6.75. The molecule has 0 spiro atoms. The average molecular weight is 432 g/mol. The van der Waals surface area contributed by atoms with Gasteiger partial charge in [0.05, 0.1) is 18.1 Å². The monoisotopic (exact) mass is 431 g/mol. The van der Waals surface area contributed by atoms with E-state index in [1.54, 1.807) is 23.7 Å². The molecule has 0 unspecified atom stereocenters. The normalized spacial score (nSPS) is 12.0. The van der Waals surface area contributed by atoms with Crippen molar-refractivity contribution in [2.45, 2.75) is 38.6 Å². The van der Waals surface area contributed by atoms with Gasteiger partial charge >= 0.3 is 5.97 Å². The molecule has 29 heavy (non-hydrogen) atoms. The highest BCUT2D eigenvalue weighted by atomic mass is 32.2. The first kappa shape index (κ1) is 21.1. The summed E-state index contributed by atoms with van der Waals surface area (Å²) in [6, 6.07) is 5.54. The van der Waals surface area contributed by atoms with E-state index < -0.39 is 11.9 Å². The van der Waals surface area contributed by atoms with E-state index in [4.69, 9.17) is 4.74 Å². The Bertz CT molecular complexity index is 1010. The third kappa shape index (κ3) is 5.07. The lowest BCUT2D eigenvalue weighted by molar-refractivity contribution is -0.147. The minimum atomic E-state index is -1.01. The van der Waals surface area contributed by atoms with Crippen LogP contribution in [0.15, 0.2) is 28.6 Å². The van der Waals surface area contributed by atoms with E-state index in [1.165, 1.54) is 23.1 Å². The van der Waals surface area contributed by atoms with E-state index in [0.29, 0.717) is 15.9 Å². The van der Waals surface area contributed by atoms with Crippen LogP contribution in [-0.2, 0) is 14.3 Å². The standard InChI is InChI=1S/C19H21N5O3S2/c1-5-27-19(26)17(18-20-12(3)9-29-18)14(25)10-28-16-7-6-15(21-22-16)24-13(4)8-11(2)23-24/h6-9,17H,5,10H2,1-4H3/t17-/m1/s1. The quantitative estimate of drug-likeness (QED) is 0.305. The number of carbonyl (C=O) groups is 2. The van der Waals surface area contributed by atoms with Gasteiger partial charge in [0.2, 0.25) is 0 Å². The summed E-state index contributed by atoms with van der Waals surface area (Å²) in [6.45, 7) is 7.59. The molecule has 0 N–H and O–H groups in total. The summed E-state index contributed by atoms with van der Waals surface area (Å²) in [7, 11) is 0. The van der Waals surface area contributed by atoms with E-state index in [1.807, 2.05) is 32.2 Å². The molecule has 0 aliphatic heterocycles. The van der Waals surface area contributed by atoms with Crippen molar-refractivity contribution in [1.82, 2.24) is 25.0 Å². The van der Waals surface area contributed by atoms with Gasteiger partial charge in [-0.25, -0.2) is 9.67 Å². The van der Waals surface area contributed by atoms with Crippen molar-refractivity contribution < 1.29 is 14.3 Å². The molecule has 0 radical (unpaired) electrons. The van der Waals surface area contributed by atoms with Crippen LogP contribution in [0.1, 0.15) is 34.9 Å². The Hall–Kier alpha value is -2.59. The zero-order valence-electron chi connectivity index (χ0n) is 16.6. The van der Waals surface area contributed by atoms with E-state index in [-0.39, 0.29) is 18.1 Å². The summed E-state index contributed by atoms with van der Waals surface area (Å²) in [5.41, 5.74) is 2.63. The van der Waals surface area contributed by atoms with Gasteiger partial charge in [-0.15, -0.1) is 21.5 Å². The minimum absolute atomic E-state index is 0.0655. The van der Waals surface area contributed by atoms with E-state index >= 15 is 0 Å². The number of ketones is 1. The summed E-state index contributed by atoms with van der Waals surface area (Å²) >= 11 is 2.51. The molecule has 0 bridgehead atoms. The SMILES string of the molecule is CCOC(=O)[C@H](C(=O)CSc1ccc(-n2nc(C)cc2C)nn1)c1nc(C)cs1. The number of rotatable bonds is 8. The Morgan fingerprint density at radius 3 is 2.55 bits per heavy atom. The fourth-order valence-electron chi connectivity index (χ4n) is 2.69. The van der Waals surface area contributed by atoms with Crippen molar-refractivity contribution >= 4 is 34.9 Å². The molecule has 0 saturated carbocycles. The number of nitrogens with zero attached hydrogens (tertiary/aromatic N) is 5. The van der Waals surface area contributed by atoms with E-state index in [2.05, 4.69) is 20.3 Å². The first-order valence-electron chi connectivity index (χ1n) is 9.00. The van der Waals surface area contributed by atoms with Gasteiger partial charge < -0.3 is 4.74 Å². The molecule has 10 heteroatoms. The second-order valence-electron chi connectivity index (χ2n) is 6.34. The zero-order valence-corrected chi connectivity index (χ0v) is 18.2. The molecule has 3 aromatic rings. The van der Waals surface area contributed by atoms with Crippen LogP contribution in [0, 0.1) is 20.8 Å². The van der Waals surface area contributed by atoms with Gasteiger partial charge in [0, 0.05) is 16.8 Å². The molecule has 0 aromatic carbocycles. The van der Waals surface area contributed by atoms with E-state index in [0.717, 1.165) is 17.1 Å². The summed E-state index contributed by atoms with van der Waals surface area (Å²) in [5, 5.41) is 15.6. The Morgan fingerprint density at radius 2 is 2.00 bits per heavy atom.